The number of rotatable bonds is 6. The Hall–Kier alpha value is -7.63. The topological polar surface area (TPSA) is 65.0 Å². The van der Waals surface area contributed by atoms with Gasteiger partial charge in [-0.05, 0) is 75.7 Å². The third kappa shape index (κ3) is 5.53. The van der Waals surface area contributed by atoms with Crippen LogP contribution in [0.5, 0.6) is 0 Å². The minimum absolute atomic E-state index is 0.142. The van der Waals surface area contributed by atoms with Gasteiger partial charge in [-0.1, -0.05) is 145 Å². The summed E-state index contributed by atoms with van der Waals surface area (Å²) in [6.45, 7) is 0. The Morgan fingerprint density at radius 3 is 1.88 bits per heavy atom. The highest BCUT2D eigenvalue weighted by atomic mass is 16.3. The van der Waals surface area contributed by atoms with E-state index >= 15 is 0 Å². The van der Waals surface area contributed by atoms with Crippen molar-refractivity contribution in [2.24, 2.45) is 0 Å². The summed E-state index contributed by atoms with van der Waals surface area (Å²) >= 11 is 0. The second-order valence-electron chi connectivity index (χ2n) is 12.9. The summed E-state index contributed by atoms with van der Waals surface area (Å²) in [6.07, 6.45) is 0. The van der Waals surface area contributed by atoms with Gasteiger partial charge in [-0.3, -0.25) is 0 Å². The molecular weight excluding hydrogens is 687 g/mol. The van der Waals surface area contributed by atoms with Crippen LogP contribution < -0.4 is 0 Å². The molecule has 0 aliphatic heterocycles. The summed E-state index contributed by atoms with van der Waals surface area (Å²) in [5, 5.41) is 1.10. The van der Waals surface area contributed by atoms with Gasteiger partial charge in [0.2, 0.25) is 0 Å². The maximum Gasteiger partial charge on any atom is 0.164 e. The fourth-order valence-corrected chi connectivity index (χ4v) is 6.80. The van der Waals surface area contributed by atoms with Gasteiger partial charge in [0, 0.05) is 38.2 Å². The van der Waals surface area contributed by atoms with Gasteiger partial charge in [0.05, 0.1) is 19.2 Å². The molecule has 0 bridgehead atoms. The van der Waals surface area contributed by atoms with Gasteiger partial charge in [-0.2, -0.15) is 0 Å². The smallest absolute Gasteiger partial charge is 0.164 e. The van der Waals surface area contributed by atoms with Gasteiger partial charge < -0.3 is 8.83 Å². The van der Waals surface area contributed by atoms with Crippen molar-refractivity contribution in [1.82, 2.24) is 15.0 Å². The van der Waals surface area contributed by atoms with E-state index in [1.165, 1.54) is 0 Å². The van der Waals surface area contributed by atoms with Gasteiger partial charge in [0.25, 0.3) is 0 Å². The van der Waals surface area contributed by atoms with Crippen molar-refractivity contribution < 1.29 is 28.0 Å². The molecule has 56 heavy (non-hydrogen) atoms. The summed E-state index contributed by atoms with van der Waals surface area (Å²) in [7, 11) is 0. The zero-order valence-corrected chi connectivity index (χ0v) is 29.0. The first-order valence-electron chi connectivity index (χ1n) is 24.5. The zero-order chi connectivity index (χ0) is 49.2. The van der Waals surface area contributed by atoms with E-state index in [9.17, 15) is 6.85 Å². The van der Waals surface area contributed by atoms with E-state index < -0.39 is 101 Å². The fraction of sp³-hybridized carbons (Fsp3) is 0. The van der Waals surface area contributed by atoms with Crippen LogP contribution >= 0.6 is 0 Å². The van der Waals surface area contributed by atoms with Crippen LogP contribution in [0.25, 0.3) is 111 Å². The summed E-state index contributed by atoms with van der Waals surface area (Å²) in [5.41, 5.74) is 1.68. The first-order chi connectivity index (χ1) is 33.6. The second-order valence-corrected chi connectivity index (χ2v) is 12.9. The van der Waals surface area contributed by atoms with E-state index in [4.69, 9.17) is 36.1 Å². The van der Waals surface area contributed by atoms with Crippen LogP contribution in [-0.4, -0.2) is 15.0 Å². The molecule has 0 N–H and O–H groups in total. The molecule has 0 radical (unpaired) electrons. The van der Waals surface area contributed by atoms with Gasteiger partial charge in [-0.15, -0.1) is 0 Å². The standard InChI is InChI=1S/C51H31N3O2/c1-3-11-32(12-4-1)34-21-23-35(24-22-34)49-52-50(54-51(53-49)42-18-10-20-46-48(42)41-17-7-8-19-44(41)55-46)39-25-27-40-43-30-38(26-28-45(43)56-47(40)31-39)37-16-9-15-36(29-37)33-13-5-2-6-14-33/h1-31H/i2D,5D,6D,9D,13D,14D,15D,16D,25D,27D,28D,29D,30D,31D. The Morgan fingerprint density at radius 2 is 1.02 bits per heavy atom. The second kappa shape index (κ2) is 13.0. The Labute approximate surface area is 341 Å². The Balaban J connectivity index is 1.14. The van der Waals surface area contributed by atoms with Crippen molar-refractivity contribution in [3.8, 4) is 67.5 Å². The molecule has 0 spiro atoms. The van der Waals surface area contributed by atoms with Crippen molar-refractivity contribution in [2.45, 2.75) is 0 Å². The molecule has 3 heterocycles. The van der Waals surface area contributed by atoms with Gasteiger partial charge in [0.15, 0.2) is 17.5 Å². The highest BCUT2D eigenvalue weighted by Gasteiger charge is 2.19. The molecular formula is C51H31N3O2. The number of benzene rings is 8. The molecule has 11 aromatic rings. The average molecular weight is 732 g/mol. The fourth-order valence-electron chi connectivity index (χ4n) is 6.80. The lowest BCUT2D eigenvalue weighted by Crippen LogP contribution is -2.00. The van der Waals surface area contributed by atoms with Crippen molar-refractivity contribution in [3.05, 3.63) is 188 Å². The van der Waals surface area contributed by atoms with Crippen LogP contribution in [0.4, 0.5) is 0 Å². The number of hydrogen-bond acceptors (Lipinski definition) is 5. The first-order valence-corrected chi connectivity index (χ1v) is 17.5. The number of nitrogens with zero attached hydrogens (tertiary/aromatic N) is 3. The van der Waals surface area contributed by atoms with Crippen LogP contribution in [0.15, 0.2) is 197 Å². The van der Waals surface area contributed by atoms with E-state index in [2.05, 4.69) is 0 Å². The van der Waals surface area contributed by atoms with Gasteiger partial charge in [0.1, 0.15) is 22.3 Å². The first kappa shape index (κ1) is 20.7. The Kier molecular flexibility index (Phi) is 4.83. The van der Waals surface area contributed by atoms with Crippen LogP contribution in [-0.2, 0) is 0 Å². The minimum atomic E-state index is -0.774. The van der Waals surface area contributed by atoms with E-state index in [0.29, 0.717) is 22.3 Å². The van der Waals surface area contributed by atoms with E-state index in [0.717, 1.165) is 28.0 Å². The maximum absolute atomic E-state index is 9.61. The molecule has 11 rings (SSSR count). The zero-order valence-electron chi connectivity index (χ0n) is 43.0. The minimum Gasteiger partial charge on any atom is -0.456 e. The molecule has 0 fully saturated rings. The quantitative estimate of drug-likeness (QED) is 0.170. The number of para-hydroxylation sites is 1. The van der Waals surface area contributed by atoms with Crippen molar-refractivity contribution >= 4 is 43.9 Å². The van der Waals surface area contributed by atoms with Crippen LogP contribution in [0.1, 0.15) is 19.2 Å². The summed E-state index contributed by atoms with van der Waals surface area (Å²) < 4.78 is 137. The molecule has 5 heteroatoms. The number of hydrogen-bond donors (Lipinski definition) is 0. The van der Waals surface area contributed by atoms with Crippen molar-refractivity contribution in [1.29, 1.82) is 0 Å². The maximum atomic E-state index is 9.61. The van der Waals surface area contributed by atoms with Gasteiger partial charge >= 0.3 is 0 Å². The number of fused-ring (bicyclic) bond motifs is 6. The summed E-state index contributed by atoms with van der Waals surface area (Å²) in [5.74, 6) is 0.231. The molecule has 0 aliphatic carbocycles. The lowest BCUT2D eigenvalue weighted by Gasteiger charge is -2.10. The number of aromatic nitrogens is 3. The number of furan rings is 2. The molecule has 8 aromatic carbocycles. The summed E-state index contributed by atoms with van der Waals surface area (Å²) in [6, 6.07) is 22.3. The van der Waals surface area contributed by atoms with Crippen LogP contribution in [0.2, 0.25) is 0 Å². The van der Waals surface area contributed by atoms with E-state index in [-0.39, 0.29) is 50.5 Å². The highest BCUT2D eigenvalue weighted by molar-refractivity contribution is 6.12. The van der Waals surface area contributed by atoms with Gasteiger partial charge in [-0.25, -0.2) is 15.0 Å². The Morgan fingerprint density at radius 1 is 0.339 bits per heavy atom. The average Bonchev–Trinajstić information content (AvgIpc) is 3.98. The van der Waals surface area contributed by atoms with Crippen molar-refractivity contribution in [2.75, 3.05) is 0 Å². The molecule has 0 unspecified atom stereocenters. The highest BCUT2D eigenvalue weighted by Crippen LogP contribution is 2.38. The van der Waals surface area contributed by atoms with Crippen LogP contribution in [0.3, 0.4) is 0 Å². The van der Waals surface area contributed by atoms with Crippen molar-refractivity contribution in [3.63, 3.8) is 0 Å². The summed E-state index contributed by atoms with van der Waals surface area (Å²) in [4.78, 5) is 14.6. The third-order valence-electron chi connectivity index (χ3n) is 9.46. The monoisotopic (exact) mass is 731 g/mol. The molecule has 3 aromatic heterocycles. The predicted molar refractivity (Wildman–Crippen MR) is 227 cm³/mol. The lowest BCUT2D eigenvalue weighted by atomic mass is 9.98. The van der Waals surface area contributed by atoms with E-state index in [1.54, 1.807) is 6.07 Å². The Bertz CT molecular complexity index is 4030. The molecule has 0 saturated carbocycles. The molecule has 0 saturated heterocycles. The lowest BCUT2D eigenvalue weighted by molar-refractivity contribution is 0.668. The SMILES string of the molecule is [2H]c1c([2H])c([2H])c(-c2c([2H])c([2H])c([2H])c(-c3cc([2H])c4oc5c([2H])c(-c6nc(-c7ccc(-c8ccccc8)cc7)nc(-c7cccc8oc9ccccc9c78)n6)c([2H])c([2H])c5c4c3[2H])c2[2H])c([2H])c1[2H]. The molecule has 0 atom stereocenters. The molecule has 0 aliphatic rings. The largest absolute Gasteiger partial charge is 0.456 e. The van der Waals surface area contributed by atoms with E-state index in [1.807, 2.05) is 91.0 Å². The predicted octanol–water partition coefficient (Wildman–Crippen LogP) is 13.7. The molecule has 0 amide bonds. The third-order valence-corrected chi connectivity index (χ3v) is 9.46. The molecule has 5 nitrogen and oxygen atoms in total. The molecule has 262 valence electrons. The normalized spacial score (nSPS) is 15.1. The van der Waals surface area contributed by atoms with Crippen LogP contribution in [0, 0.1) is 0 Å².